The van der Waals surface area contributed by atoms with Crippen LogP contribution in [0.25, 0.3) is 16.9 Å². The van der Waals surface area contributed by atoms with Crippen LogP contribution in [0.5, 0.6) is 5.75 Å². The molecule has 1 aromatic carbocycles. The first-order valence-corrected chi connectivity index (χ1v) is 10.2. The number of carbonyl (C=O) groups excluding carboxylic acids is 2. The monoisotopic (exact) mass is 468 g/mol. The van der Waals surface area contributed by atoms with E-state index in [0.717, 1.165) is 0 Å². The van der Waals surface area contributed by atoms with Crippen LogP contribution in [0.4, 0.5) is 5.69 Å². The molecule has 4 aromatic rings. The molecule has 0 radical (unpaired) electrons. The molecule has 3 heterocycles. The van der Waals surface area contributed by atoms with E-state index < -0.39 is 5.91 Å². The SMILES string of the molecule is COc1ccc(Cl)cc1-c1nn(CC(=O)NN(C)C)cc1NC(=O)c1cnn2cccnc12. The molecule has 0 spiro atoms. The lowest BCUT2D eigenvalue weighted by molar-refractivity contribution is -0.125. The summed E-state index contributed by atoms with van der Waals surface area (Å²) in [4.78, 5) is 29.6. The van der Waals surface area contributed by atoms with E-state index in [0.29, 0.717) is 33.4 Å². The third-order valence-electron chi connectivity index (χ3n) is 4.60. The lowest BCUT2D eigenvalue weighted by atomic mass is 10.1. The number of methoxy groups -OCH3 is 1. The zero-order valence-corrected chi connectivity index (χ0v) is 18.9. The summed E-state index contributed by atoms with van der Waals surface area (Å²) in [6.45, 7) is -0.0673. The van der Waals surface area contributed by atoms with Gasteiger partial charge >= 0.3 is 0 Å². The van der Waals surface area contributed by atoms with Crippen LogP contribution >= 0.6 is 11.6 Å². The van der Waals surface area contributed by atoms with Gasteiger partial charge in [-0.05, 0) is 24.3 Å². The molecule has 0 saturated carbocycles. The molecule has 0 aliphatic carbocycles. The first-order valence-electron chi connectivity index (χ1n) is 9.83. The Balaban J connectivity index is 1.73. The zero-order chi connectivity index (χ0) is 23.5. The number of carbonyl (C=O) groups is 2. The number of rotatable bonds is 7. The number of fused-ring (bicyclic) bond motifs is 1. The first-order chi connectivity index (χ1) is 15.9. The molecular formula is C21H21ClN8O3. The van der Waals surface area contributed by atoms with E-state index in [9.17, 15) is 9.59 Å². The van der Waals surface area contributed by atoms with Crippen LogP contribution in [0.3, 0.4) is 0 Å². The van der Waals surface area contributed by atoms with Crippen molar-refractivity contribution in [3.63, 3.8) is 0 Å². The fourth-order valence-corrected chi connectivity index (χ4v) is 3.44. The number of benzene rings is 1. The van der Waals surface area contributed by atoms with Gasteiger partial charge in [0.05, 0.1) is 19.0 Å². The van der Waals surface area contributed by atoms with Crippen molar-refractivity contribution < 1.29 is 14.3 Å². The maximum atomic E-state index is 13.1. The second-order valence-electron chi connectivity index (χ2n) is 7.26. The smallest absolute Gasteiger partial charge is 0.261 e. The van der Waals surface area contributed by atoms with Crippen molar-refractivity contribution >= 4 is 34.7 Å². The number of nitrogens with one attached hydrogen (secondary N) is 2. The Labute approximate surface area is 193 Å². The first kappa shape index (κ1) is 22.2. The van der Waals surface area contributed by atoms with Crippen molar-refractivity contribution in [1.29, 1.82) is 0 Å². The van der Waals surface area contributed by atoms with Gasteiger partial charge in [0, 0.05) is 43.3 Å². The topological polar surface area (TPSA) is 119 Å². The summed E-state index contributed by atoms with van der Waals surface area (Å²) in [5.41, 5.74) is 4.68. The number of aromatic nitrogens is 5. The number of amides is 2. The van der Waals surface area contributed by atoms with Gasteiger partial charge < -0.3 is 10.1 Å². The molecule has 12 heteroatoms. The predicted molar refractivity (Wildman–Crippen MR) is 122 cm³/mol. The Kier molecular flexibility index (Phi) is 6.24. The van der Waals surface area contributed by atoms with Gasteiger partial charge in [-0.25, -0.2) is 14.5 Å². The van der Waals surface area contributed by atoms with Crippen LogP contribution in [0.2, 0.25) is 5.02 Å². The van der Waals surface area contributed by atoms with E-state index in [2.05, 4.69) is 25.9 Å². The molecule has 2 N–H and O–H groups in total. The van der Waals surface area contributed by atoms with Crippen LogP contribution in [-0.4, -0.2) is 62.4 Å². The van der Waals surface area contributed by atoms with E-state index in [4.69, 9.17) is 16.3 Å². The number of hydrazine groups is 1. The third kappa shape index (κ3) is 4.78. The predicted octanol–water partition coefficient (Wildman–Crippen LogP) is 2.10. The largest absolute Gasteiger partial charge is 0.496 e. The molecule has 0 aliphatic heterocycles. The van der Waals surface area contributed by atoms with Gasteiger partial charge in [-0.3, -0.25) is 19.7 Å². The Morgan fingerprint density at radius 1 is 1.27 bits per heavy atom. The number of halogens is 1. The molecule has 170 valence electrons. The number of anilines is 1. The van der Waals surface area contributed by atoms with E-state index in [-0.39, 0.29) is 18.0 Å². The molecule has 33 heavy (non-hydrogen) atoms. The van der Waals surface area contributed by atoms with Crippen LogP contribution < -0.4 is 15.5 Å². The summed E-state index contributed by atoms with van der Waals surface area (Å²) in [6.07, 6.45) is 6.29. The lowest BCUT2D eigenvalue weighted by Gasteiger charge is -2.11. The van der Waals surface area contributed by atoms with Gasteiger partial charge in [0.15, 0.2) is 5.65 Å². The van der Waals surface area contributed by atoms with Crippen LogP contribution in [0.1, 0.15) is 10.4 Å². The second kappa shape index (κ2) is 9.27. The molecule has 3 aromatic heterocycles. The van der Waals surface area contributed by atoms with Crippen molar-refractivity contribution in [3.8, 4) is 17.0 Å². The van der Waals surface area contributed by atoms with Gasteiger partial charge in [0.1, 0.15) is 23.6 Å². The Hall–Kier alpha value is -3.96. The summed E-state index contributed by atoms with van der Waals surface area (Å²) in [7, 11) is 4.94. The van der Waals surface area contributed by atoms with E-state index >= 15 is 0 Å². The summed E-state index contributed by atoms with van der Waals surface area (Å²) in [5, 5.41) is 13.5. The molecule has 0 aliphatic rings. The molecule has 0 fully saturated rings. The molecule has 0 bridgehead atoms. The Bertz CT molecular complexity index is 1330. The second-order valence-corrected chi connectivity index (χ2v) is 7.70. The van der Waals surface area contributed by atoms with Crippen molar-refractivity contribution in [2.24, 2.45) is 0 Å². The van der Waals surface area contributed by atoms with Crippen molar-refractivity contribution in [1.82, 2.24) is 34.8 Å². The van der Waals surface area contributed by atoms with Gasteiger partial charge in [-0.2, -0.15) is 10.2 Å². The fraction of sp³-hybridized carbons (Fsp3) is 0.190. The van der Waals surface area contributed by atoms with Gasteiger partial charge in [0.25, 0.3) is 11.8 Å². The van der Waals surface area contributed by atoms with Gasteiger partial charge in [0.2, 0.25) is 0 Å². The third-order valence-corrected chi connectivity index (χ3v) is 4.84. The minimum atomic E-state index is -0.428. The Morgan fingerprint density at radius 3 is 2.85 bits per heavy atom. The fourth-order valence-electron chi connectivity index (χ4n) is 3.27. The summed E-state index contributed by atoms with van der Waals surface area (Å²) in [6, 6.07) is 6.79. The summed E-state index contributed by atoms with van der Waals surface area (Å²) >= 11 is 6.21. The van der Waals surface area contributed by atoms with Crippen LogP contribution in [-0.2, 0) is 11.3 Å². The molecule has 4 rings (SSSR count). The van der Waals surface area contributed by atoms with Crippen molar-refractivity contribution in [2.75, 3.05) is 26.5 Å². The van der Waals surface area contributed by atoms with Crippen LogP contribution in [0, 0.1) is 0 Å². The van der Waals surface area contributed by atoms with E-state index in [1.165, 1.54) is 27.5 Å². The normalized spacial score (nSPS) is 11.1. The average molecular weight is 469 g/mol. The highest BCUT2D eigenvalue weighted by atomic mass is 35.5. The quantitative estimate of drug-likeness (QED) is 0.399. The molecule has 2 amide bonds. The van der Waals surface area contributed by atoms with Gasteiger partial charge in [-0.1, -0.05) is 11.6 Å². The highest BCUT2D eigenvalue weighted by Crippen LogP contribution is 2.36. The zero-order valence-electron chi connectivity index (χ0n) is 18.1. The van der Waals surface area contributed by atoms with Gasteiger partial charge in [-0.15, -0.1) is 0 Å². The number of hydrogen-bond donors (Lipinski definition) is 2. The highest BCUT2D eigenvalue weighted by molar-refractivity contribution is 6.31. The Morgan fingerprint density at radius 2 is 2.09 bits per heavy atom. The number of nitrogens with zero attached hydrogens (tertiary/aromatic N) is 6. The van der Waals surface area contributed by atoms with Crippen LogP contribution in [0.15, 0.2) is 49.1 Å². The molecular weight excluding hydrogens is 448 g/mol. The molecule has 0 unspecified atom stereocenters. The highest BCUT2D eigenvalue weighted by Gasteiger charge is 2.21. The average Bonchev–Trinajstić information content (AvgIpc) is 3.37. The molecule has 0 saturated heterocycles. The summed E-state index contributed by atoms with van der Waals surface area (Å²) in [5.74, 6) is -0.199. The lowest BCUT2D eigenvalue weighted by Crippen LogP contribution is -2.38. The number of hydrogen-bond acceptors (Lipinski definition) is 7. The molecule has 0 atom stereocenters. The minimum Gasteiger partial charge on any atom is -0.496 e. The maximum Gasteiger partial charge on any atom is 0.261 e. The standard InChI is InChI=1S/C21H21ClN8O3/c1-28(2)26-18(31)12-29-11-16(19(27-29)14-9-13(22)5-6-17(14)33-3)25-21(32)15-10-24-30-8-4-7-23-20(15)30/h4-11H,12H2,1-3H3,(H,25,32)(H,26,31). The number of ether oxygens (including phenoxy) is 1. The minimum absolute atomic E-state index is 0.0673. The maximum absolute atomic E-state index is 13.1. The van der Waals surface area contributed by atoms with Crippen molar-refractivity contribution in [2.45, 2.75) is 6.54 Å². The van der Waals surface area contributed by atoms with E-state index in [1.54, 1.807) is 57.0 Å². The van der Waals surface area contributed by atoms with E-state index in [1.807, 2.05) is 0 Å². The molecule has 11 nitrogen and oxygen atoms in total. The summed E-state index contributed by atoms with van der Waals surface area (Å²) < 4.78 is 8.39. The van der Waals surface area contributed by atoms with Crippen molar-refractivity contribution in [3.05, 3.63) is 59.6 Å².